The monoisotopic (exact) mass is 299 g/mol. The highest BCUT2D eigenvalue weighted by atomic mass is 35.5. The van der Waals surface area contributed by atoms with Gasteiger partial charge in [-0.05, 0) is 31.2 Å². The lowest BCUT2D eigenvalue weighted by Crippen LogP contribution is -2.80. The number of rotatable bonds is 2. The van der Waals surface area contributed by atoms with Crippen LogP contribution in [0.2, 0.25) is 0 Å². The number of halogens is 1. The van der Waals surface area contributed by atoms with Crippen molar-refractivity contribution in [1.82, 2.24) is 0 Å². The maximum Gasteiger partial charge on any atom is 0.265 e. The summed E-state index contributed by atoms with van der Waals surface area (Å²) in [7, 11) is 1.61. The maximum atomic E-state index is 12.3. The molecule has 2 aliphatic rings. The summed E-state index contributed by atoms with van der Waals surface area (Å²) in [5, 5.41) is 0. The Morgan fingerprint density at radius 1 is 1.42 bits per heavy atom. The van der Waals surface area contributed by atoms with Crippen LogP contribution in [0.1, 0.15) is 6.92 Å². The lowest BCUT2D eigenvalue weighted by Gasteiger charge is -2.60. The minimum absolute atomic E-state index is 0.119. The van der Waals surface area contributed by atoms with Crippen molar-refractivity contribution in [1.29, 1.82) is 0 Å². The first-order chi connectivity index (χ1) is 9.03. The van der Waals surface area contributed by atoms with E-state index in [0.717, 1.165) is 17.2 Å². The van der Waals surface area contributed by atoms with Crippen LogP contribution in [0, 0.1) is 0 Å². The van der Waals surface area contributed by atoms with E-state index in [4.69, 9.17) is 21.1 Å². The van der Waals surface area contributed by atoms with E-state index in [0.29, 0.717) is 6.61 Å². The molecule has 2 atom stereocenters. The van der Waals surface area contributed by atoms with Crippen molar-refractivity contribution in [3.05, 3.63) is 24.3 Å². The zero-order chi connectivity index (χ0) is 13.7. The summed E-state index contributed by atoms with van der Waals surface area (Å²) < 4.78 is 9.90. The molecule has 3 rings (SSSR count). The molecule has 0 bridgehead atoms. The molecule has 2 fully saturated rings. The number of carbonyl (C=O) groups is 1. The summed E-state index contributed by atoms with van der Waals surface area (Å²) in [4.78, 5) is 14.0. The Bertz CT molecular complexity index is 523. The number of methoxy groups -OCH3 is 1. The molecule has 4 nitrogen and oxygen atoms in total. The molecule has 1 amide bonds. The van der Waals surface area contributed by atoms with E-state index >= 15 is 0 Å². The normalized spacial score (nSPS) is 33.6. The van der Waals surface area contributed by atoms with Crippen molar-refractivity contribution >= 4 is 35.0 Å². The minimum atomic E-state index is -0.995. The molecule has 102 valence electrons. The molecule has 1 aromatic carbocycles. The first kappa shape index (κ1) is 13.1. The smallest absolute Gasteiger partial charge is 0.265 e. The van der Waals surface area contributed by atoms with Crippen LogP contribution in [0.25, 0.3) is 0 Å². The summed E-state index contributed by atoms with van der Waals surface area (Å²) in [6.07, 6.45) is 0. The molecular formula is C13H14ClNO3S. The number of anilines is 1. The first-order valence-electron chi connectivity index (χ1n) is 5.98. The summed E-state index contributed by atoms with van der Waals surface area (Å²) in [6, 6.07) is 7.30. The van der Waals surface area contributed by atoms with E-state index in [1.807, 2.05) is 31.2 Å². The molecule has 2 heterocycles. The van der Waals surface area contributed by atoms with Crippen molar-refractivity contribution in [2.75, 3.05) is 24.4 Å². The van der Waals surface area contributed by atoms with Crippen molar-refractivity contribution in [2.45, 2.75) is 16.9 Å². The number of benzene rings is 1. The van der Waals surface area contributed by atoms with Crippen LogP contribution in [0.15, 0.2) is 24.3 Å². The zero-order valence-electron chi connectivity index (χ0n) is 10.7. The van der Waals surface area contributed by atoms with Gasteiger partial charge >= 0.3 is 0 Å². The van der Waals surface area contributed by atoms with Crippen LogP contribution in [0.5, 0.6) is 5.75 Å². The number of fused-ring (bicyclic) bond motifs is 1. The van der Waals surface area contributed by atoms with Gasteiger partial charge < -0.3 is 9.47 Å². The van der Waals surface area contributed by atoms with Crippen molar-refractivity contribution < 1.29 is 14.3 Å². The topological polar surface area (TPSA) is 38.8 Å². The molecule has 0 spiro atoms. The van der Waals surface area contributed by atoms with Gasteiger partial charge in [0.1, 0.15) is 5.75 Å². The van der Waals surface area contributed by atoms with Gasteiger partial charge in [0, 0.05) is 11.4 Å². The van der Waals surface area contributed by atoms with E-state index in [-0.39, 0.29) is 5.91 Å². The second-order valence-electron chi connectivity index (χ2n) is 4.61. The van der Waals surface area contributed by atoms with E-state index < -0.39 is 9.93 Å². The molecule has 1 aromatic rings. The summed E-state index contributed by atoms with van der Waals surface area (Å²) >= 11 is 7.88. The summed E-state index contributed by atoms with van der Waals surface area (Å²) in [5.74, 6) is 1.37. The van der Waals surface area contributed by atoms with Crippen LogP contribution in [-0.4, -0.2) is 35.3 Å². The largest absolute Gasteiger partial charge is 0.497 e. The molecule has 0 aliphatic carbocycles. The molecule has 19 heavy (non-hydrogen) atoms. The third kappa shape index (κ3) is 1.61. The Kier molecular flexibility index (Phi) is 2.96. The fourth-order valence-electron chi connectivity index (χ4n) is 2.50. The SMILES string of the molecule is COc1ccc(N2C(=O)[C@@]3(Cl)SCCO[C@@]23C)cc1. The van der Waals surface area contributed by atoms with Crippen LogP contribution in [0.3, 0.4) is 0 Å². The number of amides is 1. The Morgan fingerprint density at radius 3 is 2.74 bits per heavy atom. The van der Waals surface area contributed by atoms with E-state index in [2.05, 4.69) is 0 Å². The number of β-lactam (4-membered cyclic amide) rings is 1. The predicted molar refractivity (Wildman–Crippen MR) is 75.9 cm³/mol. The third-order valence-electron chi connectivity index (χ3n) is 3.60. The fraction of sp³-hybridized carbons (Fsp3) is 0.462. The lowest BCUT2D eigenvalue weighted by molar-refractivity contribution is -0.150. The predicted octanol–water partition coefficient (Wildman–Crippen LogP) is 2.46. The van der Waals surface area contributed by atoms with Gasteiger partial charge in [-0.15, -0.1) is 11.8 Å². The first-order valence-corrected chi connectivity index (χ1v) is 7.35. The summed E-state index contributed by atoms with van der Waals surface area (Å²) in [5.41, 5.74) is -0.0181. The number of carbonyl (C=O) groups excluding carboxylic acids is 1. The van der Waals surface area contributed by atoms with E-state index in [1.165, 1.54) is 11.8 Å². The Morgan fingerprint density at radius 2 is 2.11 bits per heavy atom. The molecule has 2 aliphatic heterocycles. The molecule has 0 unspecified atom stereocenters. The van der Waals surface area contributed by atoms with Gasteiger partial charge in [-0.2, -0.15) is 0 Å². The average Bonchev–Trinajstić information content (AvgIpc) is 2.43. The minimum Gasteiger partial charge on any atom is -0.497 e. The van der Waals surface area contributed by atoms with Crippen LogP contribution < -0.4 is 9.64 Å². The number of hydrogen-bond acceptors (Lipinski definition) is 4. The number of ether oxygens (including phenoxy) is 2. The van der Waals surface area contributed by atoms with Gasteiger partial charge in [-0.3, -0.25) is 9.69 Å². The van der Waals surface area contributed by atoms with Crippen molar-refractivity contribution in [3.63, 3.8) is 0 Å². The third-order valence-corrected chi connectivity index (χ3v) is 5.76. The zero-order valence-corrected chi connectivity index (χ0v) is 12.3. The van der Waals surface area contributed by atoms with Crippen LogP contribution in [0.4, 0.5) is 5.69 Å². The Labute approximate surface area is 121 Å². The highest BCUT2D eigenvalue weighted by molar-refractivity contribution is 8.03. The average molecular weight is 300 g/mol. The highest BCUT2D eigenvalue weighted by Gasteiger charge is 2.72. The molecule has 2 saturated heterocycles. The van der Waals surface area contributed by atoms with E-state index in [9.17, 15) is 4.79 Å². The van der Waals surface area contributed by atoms with Crippen molar-refractivity contribution in [2.24, 2.45) is 0 Å². The number of alkyl halides is 1. The van der Waals surface area contributed by atoms with Gasteiger partial charge in [0.05, 0.1) is 13.7 Å². The van der Waals surface area contributed by atoms with Gasteiger partial charge in [0.2, 0.25) is 4.21 Å². The molecule has 6 heteroatoms. The van der Waals surface area contributed by atoms with Crippen LogP contribution >= 0.6 is 23.4 Å². The number of hydrogen-bond donors (Lipinski definition) is 0. The van der Waals surface area contributed by atoms with Gasteiger partial charge in [0.15, 0.2) is 5.72 Å². The second kappa shape index (κ2) is 4.30. The van der Waals surface area contributed by atoms with Crippen molar-refractivity contribution in [3.8, 4) is 5.75 Å². The molecular weight excluding hydrogens is 286 g/mol. The standard InChI is InChI=1S/C13H14ClNO3S/c1-12-13(14,19-8-7-18-12)11(16)15(12)9-3-5-10(17-2)6-4-9/h3-6H,7-8H2,1-2H3/t12-,13-/m1/s1. The Balaban J connectivity index is 1.95. The van der Waals surface area contributed by atoms with Crippen LogP contribution in [-0.2, 0) is 9.53 Å². The van der Waals surface area contributed by atoms with Gasteiger partial charge in [0.25, 0.3) is 5.91 Å². The summed E-state index contributed by atoms with van der Waals surface area (Å²) in [6.45, 7) is 2.45. The lowest BCUT2D eigenvalue weighted by atomic mass is 9.95. The quantitative estimate of drug-likeness (QED) is 0.621. The van der Waals surface area contributed by atoms with Gasteiger partial charge in [-0.25, -0.2) is 0 Å². The molecule has 0 radical (unpaired) electrons. The second-order valence-corrected chi connectivity index (χ2v) is 6.71. The van der Waals surface area contributed by atoms with E-state index in [1.54, 1.807) is 12.0 Å². The number of nitrogens with zero attached hydrogens (tertiary/aromatic N) is 1. The van der Waals surface area contributed by atoms with Gasteiger partial charge in [-0.1, -0.05) is 11.6 Å². The maximum absolute atomic E-state index is 12.3. The molecule has 0 saturated carbocycles. The fourth-order valence-corrected chi connectivity index (χ4v) is 4.03. The number of thioether (sulfide) groups is 1. The molecule has 0 N–H and O–H groups in total. The molecule has 0 aromatic heterocycles. The highest BCUT2D eigenvalue weighted by Crippen LogP contribution is 2.57. The Hall–Kier alpha value is -0.910.